The topological polar surface area (TPSA) is 110 Å². The summed E-state index contributed by atoms with van der Waals surface area (Å²) in [5.74, 6) is 2.35. The predicted molar refractivity (Wildman–Crippen MR) is 118 cm³/mol. The van der Waals surface area contributed by atoms with Gasteiger partial charge >= 0.3 is 0 Å². The van der Waals surface area contributed by atoms with E-state index in [0.29, 0.717) is 29.7 Å². The number of rotatable bonds is 6. The number of nitrogens with one attached hydrogen (secondary N) is 1. The van der Waals surface area contributed by atoms with Gasteiger partial charge in [0.1, 0.15) is 5.75 Å². The third-order valence-corrected chi connectivity index (χ3v) is 6.11. The molecule has 32 heavy (non-hydrogen) atoms. The molecule has 1 aliphatic heterocycles. The highest BCUT2D eigenvalue weighted by Crippen LogP contribution is 2.35. The van der Waals surface area contributed by atoms with E-state index in [4.69, 9.17) is 9.26 Å². The van der Waals surface area contributed by atoms with Crippen LogP contribution in [-0.4, -0.2) is 45.1 Å². The molecule has 9 heteroatoms. The number of fused-ring (bicyclic) bond motifs is 1. The number of piperidine rings is 1. The van der Waals surface area contributed by atoms with E-state index < -0.39 is 4.92 Å². The number of hydrogen-bond acceptors (Lipinski definition) is 7. The van der Waals surface area contributed by atoms with Gasteiger partial charge in [0.2, 0.25) is 11.7 Å². The van der Waals surface area contributed by atoms with E-state index in [2.05, 4.69) is 38.4 Å². The Morgan fingerprint density at radius 2 is 2.00 bits per heavy atom. The van der Waals surface area contributed by atoms with E-state index in [1.54, 1.807) is 19.2 Å². The summed E-state index contributed by atoms with van der Waals surface area (Å²) in [5.41, 5.74) is 3.21. The normalized spacial score (nSPS) is 15.3. The molecule has 2 aromatic heterocycles. The number of aromatic amines is 1. The van der Waals surface area contributed by atoms with E-state index in [9.17, 15) is 10.1 Å². The predicted octanol–water partition coefficient (Wildman–Crippen LogP) is 4.51. The van der Waals surface area contributed by atoms with E-state index in [1.165, 1.54) is 23.1 Å². The first-order chi connectivity index (χ1) is 15.6. The van der Waals surface area contributed by atoms with Gasteiger partial charge in [0, 0.05) is 34.8 Å². The Morgan fingerprint density at radius 1 is 1.22 bits per heavy atom. The zero-order valence-electron chi connectivity index (χ0n) is 17.7. The lowest BCUT2D eigenvalue weighted by Crippen LogP contribution is -2.32. The molecule has 1 saturated heterocycles. The molecule has 0 aliphatic carbocycles. The zero-order valence-corrected chi connectivity index (χ0v) is 17.7. The average Bonchev–Trinajstić information content (AvgIpc) is 3.46. The van der Waals surface area contributed by atoms with Crippen LogP contribution in [0.1, 0.15) is 30.2 Å². The fourth-order valence-electron chi connectivity index (χ4n) is 4.35. The molecular weight excluding hydrogens is 410 g/mol. The molecule has 1 aliphatic rings. The molecule has 5 rings (SSSR count). The first-order valence-electron chi connectivity index (χ1n) is 10.6. The second-order valence-corrected chi connectivity index (χ2v) is 8.02. The fraction of sp³-hybridized carbons (Fsp3) is 0.304. The molecule has 0 saturated carbocycles. The Morgan fingerprint density at radius 3 is 2.72 bits per heavy atom. The Balaban J connectivity index is 1.22. The van der Waals surface area contributed by atoms with Crippen LogP contribution in [0.2, 0.25) is 0 Å². The van der Waals surface area contributed by atoms with Crippen LogP contribution >= 0.6 is 0 Å². The lowest BCUT2D eigenvalue weighted by atomic mass is 9.89. The summed E-state index contributed by atoms with van der Waals surface area (Å²) in [6, 6.07) is 12.3. The van der Waals surface area contributed by atoms with Gasteiger partial charge in [-0.15, -0.1) is 0 Å². The second-order valence-electron chi connectivity index (χ2n) is 8.02. The van der Waals surface area contributed by atoms with E-state index in [1.807, 2.05) is 6.07 Å². The summed E-state index contributed by atoms with van der Waals surface area (Å²) in [5, 5.41) is 16.1. The minimum Gasteiger partial charge on any atom is -0.497 e. The third kappa shape index (κ3) is 3.94. The van der Waals surface area contributed by atoms with Crippen molar-refractivity contribution in [3.05, 3.63) is 70.2 Å². The van der Waals surface area contributed by atoms with Gasteiger partial charge in [-0.3, -0.25) is 15.0 Å². The van der Waals surface area contributed by atoms with Gasteiger partial charge in [-0.25, -0.2) is 0 Å². The van der Waals surface area contributed by atoms with Crippen molar-refractivity contribution in [2.75, 3.05) is 20.2 Å². The SMILES string of the molecule is COc1ccc2[nH]cc(C3CCN(Cc4nc(-c5ccc([N+](=O)[O-])cc5)no4)CC3)c2c1. The number of methoxy groups -OCH3 is 1. The number of nitro benzene ring substituents is 1. The summed E-state index contributed by atoms with van der Waals surface area (Å²) in [6.07, 6.45) is 4.22. The highest BCUT2D eigenvalue weighted by molar-refractivity contribution is 5.85. The number of ether oxygens (including phenoxy) is 1. The molecule has 4 aromatic rings. The van der Waals surface area contributed by atoms with Crippen molar-refractivity contribution in [2.24, 2.45) is 0 Å². The third-order valence-electron chi connectivity index (χ3n) is 6.11. The molecule has 0 atom stereocenters. The highest BCUT2D eigenvalue weighted by atomic mass is 16.6. The molecule has 0 bridgehead atoms. The second kappa shape index (κ2) is 8.43. The van der Waals surface area contributed by atoms with Crippen LogP contribution in [0.25, 0.3) is 22.3 Å². The largest absolute Gasteiger partial charge is 0.497 e. The van der Waals surface area contributed by atoms with Crippen molar-refractivity contribution in [3.8, 4) is 17.1 Å². The van der Waals surface area contributed by atoms with Crippen LogP contribution in [0.15, 0.2) is 53.2 Å². The van der Waals surface area contributed by atoms with Crippen molar-refractivity contribution >= 4 is 16.6 Å². The molecule has 0 spiro atoms. The van der Waals surface area contributed by atoms with Gasteiger partial charge in [-0.05, 0) is 67.7 Å². The lowest BCUT2D eigenvalue weighted by Gasteiger charge is -2.30. The van der Waals surface area contributed by atoms with Crippen LogP contribution in [0.3, 0.4) is 0 Å². The molecule has 164 valence electrons. The summed E-state index contributed by atoms with van der Waals surface area (Å²) in [7, 11) is 1.69. The van der Waals surface area contributed by atoms with Crippen LogP contribution in [-0.2, 0) is 6.54 Å². The number of H-pyrrole nitrogens is 1. The lowest BCUT2D eigenvalue weighted by molar-refractivity contribution is -0.384. The number of non-ortho nitro benzene ring substituents is 1. The van der Waals surface area contributed by atoms with Gasteiger partial charge in [-0.1, -0.05) is 5.16 Å². The molecule has 1 N–H and O–H groups in total. The first kappa shape index (κ1) is 20.2. The monoisotopic (exact) mass is 433 g/mol. The van der Waals surface area contributed by atoms with E-state index in [-0.39, 0.29) is 5.69 Å². The number of nitrogens with zero attached hydrogens (tertiary/aromatic N) is 4. The number of hydrogen-bond donors (Lipinski definition) is 1. The van der Waals surface area contributed by atoms with Gasteiger partial charge in [0.25, 0.3) is 5.69 Å². The molecule has 3 heterocycles. The number of benzene rings is 2. The van der Waals surface area contributed by atoms with Crippen molar-refractivity contribution in [2.45, 2.75) is 25.3 Å². The van der Waals surface area contributed by atoms with Gasteiger partial charge < -0.3 is 14.2 Å². The molecular formula is C23H23N5O4. The molecule has 9 nitrogen and oxygen atoms in total. The molecule has 0 unspecified atom stereocenters. The maximum Gasteiger partial charge on any atom is 0.269 e. The van der Waals surface area contributed by atoms with Crippen molar-refractivity contribution in [1.82, 2.24) is 20.0 Å². The van der Waals surface area contributed by atoms with Gasteiger partial charge in [-0.2, -0.15) is 4.98 Å². The molecule has 1 fully saturated rings. The van der Waals surface area contributed by atoms with Crippen LogP contribution in [0.4, 0.5) is 5.69 Å². The number of likely N-dealkylation sites (tertiary alicyclic amines) is 1. The van der Waals surface area contributed by atoms with E-state index >= 15 is 0 Å². The summed E-state index contributed by atoms with van der Waals surface area (Å²) in [6.45, 7) is 2.47. The molecule has 2 aromatic carbocycles. The zero-order chi connectivity index (χ0) is 22.1. The Labute approximate surface area is 184 Å². The minimum absolute atomic E-state index is 0.0361. The Bertz CT molecular complexity index is 1240. The summed E-state index contributed by atoms with van der Waals surface area (Å²) < 4.78 is 10.8. The molecule has 0 radical (unpaired) electrons. The Hall–Kier alpha value is -3.72. The Kier molecular flexibility index (Phi) is 5.32. The summed E-state index contributed by atoms with van der Waals surface area (Å²) >= 11 is 0. The van der Waals surface area contributed by atoms with Crippen molar-refractivity contribution < 1.29 is 14.2 Å². The quantitative estimate of drug-likeness (QED) is 0.352. The van der Waals surface area contributed by atoms with Crippen molar-refractivity contribution in [1.29, 1.82) is 0 Å². The summed E-state index contributed by atoms with van der Waals surface area (Å²) in [4.78, 5) is 20.5. The van der Waals surface area contributed by atoms with E-state index in [0.717, 1.165) is 37.2 Å². The maximum atomic E-state index is 10.8. The van der Waals surface area contributed by atoms with Crippen LogP contribution in [0, 0.1) is 10.1 Å². The minimum atomic E-state index is -0.429. The van der Waals surface area contributed by atoms with Crippen molar-refractivity contribution in [3.63, 3.8) is 0 Å². The average molecular weight is 433 g/mol. The number of nitro groups is 1. The smallest absolute Gasteiger partial charge is 0.269 e. The standard InChI is InChI=1S/C23H23N5O4/c1-31-18-6-7-21-19(12-18)20(13-24-21)15-8-10-27(11-9-15)14-22-25-23(26-32-22)16-2-4-17(5-3-16)28(29)30/h2-7,12-13,15,24H,8-11,14H2,1H3. The maximum absolute atomic E-state index is 10.8. The van der Waals surface area contributed by atoms with Gasteiger partial charge in [0.05, 0.1) is 18.6 Å². The number of aromatic nitrogens is 3. The van der Waals surface area contributed by atoms with Crippen LogP contribution in [0.5, 0.6) is 5.75 Å². The fourth-order valence-corrected chi connectivity index (χ4v) is 4.35. The highest BCUT2D eigenvalue weighted by Gasteiger charge is 2.24. The van der Waals surface area contributed by atoms with Crippen LogP contribution < -0.4 is 4.74 Å². The van der Waals surface area contributed by atoms with Gasteiger partial charge in [0.15, 0.2) is 0 Å². The molecule has 0 amide bonds. The first-order valence-corrected chi connectivity index (χ1v) is 10.6.